The predicted octanol–water partition coefficient (Wildman–Crippen LogP) is 3.08. The molecule has 96 valence electrons. The van der Waals surface area contributed by atoms with E-state index in [2.05, 4.69) is 46.0 Å². The van der Waals surface area contributed by atoms with Crippen molar-refractivity contribution in [3.05, 3.63) is 36.5 Å². The van der Waals surface area contributed by atoms with Gasteiger partial charge in [0.2, 0.25) is 0 Å². The van der Waals surface area contributed by atoms with Crippen molar-refractivity contribution in [1.29, 1.82) is 0 Å². The fourth-order valence-electron chi connectivity index (χ4n) is 2.79. The number of para-hydroxylation sites is 1. The van der Waals surface area contributed by atoms with Crippen molar-refractivity contribution in [2.75, 3.05) is 19.6 Å². The van der Waals surface area contributed by atoms with Crippen molar-refractivity contribution in [3.8, 4) is 0 Å². The number of fused-ring (bicyclic) bond motifs is 1. The molecule has 1 aliphatic heterocycles. The summed E-state index contributed by atoms with van der Waals surface area (Å²) in [5, 5.41) is 1.29. The Morgan fingerprint density at radius 1 is 1.17 bits per heavy atom. The van der Waals surface area contributed by atoms with Crippen molar-refractivity contribution in [2.24, 2.45) is 0 Å². The van der Waals surface area contributed by atoms with Gasteiger partial charge < -0.3 is 9.47 Å². The molecule has 0 amide bonds. The van der Waals surface area contributed by atoms with Crippen molar-refractivity contribution in [3.63, 3.8) is 0 Å². The van der Waals surface area contributed by atoms with Gasteiger partial charge in [0.25, 0.3) is 0 Å². The van der Waals surface area contributed by atoms with Gasteiger partial charge in [0, 0.05) is 31.3 Å². The van der Waals surface area contributed by atoms with Gasteiger partial charge >= 0.3 is 0 Å². The number of halogens is 1. The van der Waals surface area contributed by atoms with Crippen LogP contribution in [0.1, 0.15) is 12.8 Å². The zero-order valence-electron chi connectivity index (χ0n) is 10.6. The highest BCUT2D eigenvalue weighted by atomic mass is 19.1. The van der Waals surface area contributed by atoms with E-state index in [0.717, 1.165) is 26.1 Å². The molecule has 2 heterocycles. The molecule has 0 bridgehead atoms. The topological polar surface area (TPSA) is 8.17 Å². The van der Waals surface area contributed by atoms with Gasteiger partial charge in [-0.3, -0.25) is 0 Å². The number of aryl methyl sites for hydroxylation is 1. The predicted molar refractivity (Wildman–Crippen MR) is 72.5 cm³/mol. The van der Waals surface area contributed by atoms with Crippen LogP contribution in [0.25, 0.3) is 10.9 Å². The lowest BCUT2D eigenvalue weighted by atomic mass is 10.2. The monoisotopic (exact) mass is 246 g/mol. The van der Waals surface area contributed by atoms with Crippen LogP contribution in [0.3, 0.4) is 0 Å². The maximum absolute atomic E-state index is 13.0. The summed E-state index contributed by atoms with van der Waals surface area (Å²) in [6.45, 7) is 3.58. The van der Waals surface area contributed by atoms with Crippen molar-refractivity contribution < 1.29 is 4.39 Å². The van der Waals surface area contributed by atoms with Crippen LogP contribution in [0, 0.1) is 0 Å². The van der Waals surface area contributed by atoms with E-state index < -0.39 is 6.17 Å². The largest absolute Gasteiger partial charge is 0.347 e. The van der Waals surface area contributed by atoms with Crippen LogP contribution in [-0.2, 0) is 6.54 Å². The van der Waals surface area contributed by atoms with Crippen LogP contribution in [0.2, 0.25) is 0 Å². The molecule has 0 spiro atoms. The van der Waals surface area contributed by atoms with Crippen LogP contribution < -0.4 is 0 Å². The third-order valence-electron chi connectivity index (χ3n) is 3.77. The molecule has 2 nitrogen and oxygen atoms in total. The third kappa shape index (κ3) is 2.41. The fourth-order valence-corrected chi connectivity index (χ4v) is 2.79. The number of benzene rings is 1. The fraction of sp³-hybridized carbons (Fsp3) is 0.467. The van der Waals surface area contributed by atoms with Gasteiger partial charge in [-0.25, -0.2) is 4.39 Å². The molecular weight excluding hydrogens is 227 g/mol. The third-order valence-corrected chi connectivity index (χ3v) is 3.77. The molecule has 3 rings (SSSR count). The SMILES string of the molecule is F[C@@H]1CCN(CCCn2ccc3ccccc32)C1. The minimum absolute atomic E-state index is 0.600. The summed E-state index contributed by atoms with van der Waals surface area (Å²) in [7, 11) is 0. The highest BCUT2D eigenvalue weighted by Crippen LogP contribution is 2.16. The Bertz CT molecular complexity index is 520. The maximum atomic E-state index is 13.0. The average Bonchev–Trinajstić information content (AvgIpc) is 2.97. The Labute approximate surface area is 107 Å². The van der Waals surface area contributed by atoms with Crippen LogP contribution >= 0.6 is 0 Å². The number of aromatic nitrogens is 1. The van der Waals surface area contributed by atoms with E-state index in [1.165, 1.54) is 10.9 Å². The highest BCUT2D eigenvalue weighted by molar-refractivity contribution is 5.79. The molecule has 1 aromatic heterocycles. The average molecular weight is 246 g/mol. The molecule has 0 N–H and O–H groups in total. The molecule has 0 unspecified atom stereocenters. The van der Waals surface area contributed by atoms with Crippen LogP contribution in [0.5, 0.6) is 0 Å². The van der Waals surface area contributed by atoms with Crippen molar-refractivity contribution >= 4 is 10.9 Å². The molecule has 1 aliphatic rings. The molecule has 0 aliphatic carbocycles. The van der Waals surface area contributed by atoms with Gasteiger partial charge in [-0.1, -0.05) is 18.2 Å². The first-order valence-electron chi connectivity index (χ1n) is 6.73. The lowest BCUT2D eigenvalue weighted by molar-refractivity contribution is 0.282. The first kappa shape index (κ1) is 11.7. The van der Waals surface area contributed by atoms with E-state index in [9.17, 15) is 4.39 Å². The molecule has 18 heavy (non-hydrogen) atoms. The molecule has 1 aromatic carbocycles. The summed E-state index contributed by atoms with van der Waals surface area (Å²) < 4.78 is 15.3. The second-order valence-electron chi connectivity index (χ2n) is 5.11. The molecule has 1 atom stereocenters. The zero-order chi connectivity index (χ0) is 12.4. The Kier molecular flexibility index (Phi) is 3.33. The van der Waals surface area contributed by atoms with E-state index >= 15 is 0 Å². The van der Waals surface area contributed by atoms with E-state index in [-0.39, 0.29) is 0 Å². The first-order valence-corrected chi connectivity index (χ1v) is 6.73. The number of nitrogens with zero attached hydrogens (tertiary/aromatic N) is 2. The molecule has 0 saturated carbocycles. The summed E-state index contributed by atoms with van der Waals surface area (Å²) in [5.41, 5.74) is 1.29. The van der Waals surface area contributed by atoms with Gasteiger partial charge in [0.05, 0.1) is 0 Å². The Morgan fingerprint density at radius 2 is 2.06 bits per heavy atom. The number of hydrogen-bond donors (Lipinski definition) is 0. The lowest BCUT2D eigenvalue weighted by Gasteiger charge is -2.14. The summed E-state index contributed by atoms with van der Waals surface area (Å²) in [4.78, 5) is 2.23. The van der Waals surface area contributed by atoms with E-state index in [0.29, 0.717) is 13.0 Å². The first-order chi connectivity index (χ1) is 8.83. The van der Waals surface area contributed by atoms with Crippen molar-refractivity contribution in [1.82, 2.24) is 9.47 Å². The molecule has 3 heteroatoms. The molecule has 1 fully saturated rings. The number of rotatable bonds is 4. The van der Waals surface area contributed by atoms with Gasteiger partial charge in [0.1, 0.15) is 6.17 Å². The van der Waals surface area contributed by atoms with Gasteiger partial charge in [0.15, 0.2) is 0 Å². The van der Waals surface area contributed by atoms with E-state index in [4.69, 9.17) is 0 Å². The second-order valence-corrected chi connectivity index (χ2v) is 5.11. The number of hydrogen-bond acceptors (Lipinski definition) is 1. The van der Waals surface area contributed by atoms with Crippen LogP contribution in [-0.4, -0.2) is 35.3 Å². The standard InChI is InChI=1S/C15H19FN2/c16-14-7-10-17(12-14)8-3-9-18-11-6-13-4-1-2-5-15(13)18/h1-2,4-6,11,14H,3,7-10,12H2/t14-/m1/s1. The number of alkyl halides is 1. The minimum Gasteiger partial charge on any atom is -0.347 e. The number of likely N-dealkylation sites (tertiary alicyclic amines) is 1. The summed E-state index contributed by atoms with van der Waals surface area (Å²) >= 11 is 0. The van der Waals surface area contributed by atoms with Gasteiger partial charge in [-0.15, -0.1) is 0 Å². The van der Waals surface area contributed by atoms with Gasteiger partial charge in [-0.05, 0) is 36.9 Å². The molecular formula is C15H19FN2. The van der Waals surface area contributed by atoms with Crippen LogP contribution in [0.4, 0.5) is 4.39 Å². The van der Waals surface area contributed by atoms with E-state index in [1.807, 2.05) is 0 Å². The van der Waals surface area contributed by atoms with Crippen molar-refractivity contribution in [2.45, 2.75) is 25.6 Å². The smallest absolute Gasteiger partial charge is 0.114 e. The minimum atomic E-state index is -0.600. The summed E-state index contributed by atoms with van der Waals surface area (Å²) in [6, 6.07) is 10.6. The normalized spacial score (nSPS) is 20.8. The zero-order valence-corrected chi connectivity index (χ0v) is 10.6. The second kappa shape index (κ2) is 5.11. The molecule has 0 radical (unpaired) electrons. The molecule has 2 aromatic rings. The Hall–Kier alpha value is -1.35. The molecule has 1 saturated heterocycles. The quantitative estimate of drug-likeness (QED) is 0.805. The van der Waals surface area contributed by atoms with Gasteiger partial charge in [-0.2, -0.15) is 0 Å². The van der Waals surface area contributed by atoms with Crippen LogP contribution in [0.15, 0.2) is 36.5 Å². The Morgan fingerprint density at radius 3 is 2.89 bits per heavy atom. The Balaban J connectivity index is 1.57. The van der Waals surface area contributed by atoms with E-state index in [1.54, 1.807) is 0 Å². The summed E-state index contributed by atoms with van der Waals surface area (Å²) in [6.07, 6.45) is 3.35. The lowest BCUT2D eigenvalue weighted by Crippen LogP contribution is -2.23. The maximum Gasteiger partial charge on any atom is 0.114 e. The summed E-state index contributed by atoms with van der Waals surface area (Å²) in [5.74, 6) is 0. The highest BCUT2D eigenvalue weighted by Gasteiger charge is 2.20.